The lowest BCUT2D eigenvalue weighted by Crippen LogP contribution is -2.33. The van der Waals surface area contributed by atoms with Gasteiger partial charge in [-0.3, -0.25) is 4.79 Å². The van der Waals surface area contributed by atoms with Crippen LogP contribution in [0.15, 0.2) is 24.3 Å². The Morgan fingerprint density at radius 2 is 2.29 bits per heavy atom. The van der Waals surface area contributed by atoms with Crippen molar-refractivity contribution in [1.82, 2.24) is 14.9 Å². The first-order valence-electron chi connectivity index (χ1n) is 7.07. The SMILES string of the molecule is CC(=O)n1c(OCC2CCCNC2)nc2ccccc21.Cl. The number of carbonyl (C=O) groups excluding carboxylic acids is 1. The predicted octanol–water partition coefficient (Wildman–Crippen LogP) is 2.50. The first-order valence-corrected chi connectivity index (χ1v) is 7.07. The van der Waals surface area contributed by atoms with Crippen molar-refractivity contribution in [2.75, 3.05) is 19.7 Å². The molecule has 1 unspecified atom stereocenters. The van der Waals surface area contributed by atoms with Gasteiger partial charge in [0.05, 0.1) is 17.6 Å². The van der Waals surface area contributed by atoms with Gasteiger partial charge in [0.2, 0.25) is 5.91 Å². The highest BCUT2D eigenvalue weighted by atomic mass is 35.5. The van der Waals surface area contributed by atoms with Crippen molar-refractivity contribution in [3.63, 3.8) is 0 Å². The minimum Gasteiger partial charge on any atom is -0.464 e. The number of piperidine rings is 1. The van der Waals surface area contributed by atoms with Crippen molar-refractivity contribution in [1.29, 1.82) is 0 Å². The topological polar surface area (TPSA) is 56.1 Å². The molecule has 0 radical (unpaired) electrons. The molecule has 1 aromatic carbocycles. The minimum absolute atomic E-state index is 0. The van der Waals surface area contributed by atoms with Gasteiger partial charge in [-0.1, -0.05) is 12.1 Å². The largest absolute Gasteiger partial charge is 0.464 e. The van der Waals surface area contributed by atoms with Crippen LogP contribution in [-0.4, -0.2) is 35.2 Å². The number of hydrogen-bond acceptors (Lipinski definition) is 4. The summed E-state index contributed by atoms with van der Waals surface area (Å²) in [4.78, 5) is 16.2. The molecular formula is C15H20ClN3O2. The lowest BCUT2D eigenvalue weighted by atomic mass is 10.0. The number of carbonyl (C=O) groups is 1. The number of para-hydroxylation sites is 2. The monoisotopic (exact) mass is 309 g/mol. The first-order chi connectivity index (χ1) is 9.75. The second-order valence-corrected chi connectivity index (χ2v) is 5.26. The Morgan fingerprint density at radius 1 is 1.48 bits per heavy atom. The van der Waals surface area contributed by atoms with E-state index in [2.05, 4.69) is 10.3 Å². The zero-order valence-electron chi connectivity index (χ0n) is 12.0. The molecule has 1 saturated heterocycles. The van der Waals surface area contributed by atoms with E-state index in [0.717, 1.165) is 30.5 Å². The van der Waals surface area contributed by atoms with Crippen molar-refractivity contribution in [3.05, 3.63) is 24.3 Å². The van der Waals surface area contributed by atoms with Gasteiger partial charge in [-0.2, -0.15) is 4.98 Å². The van der Waals surface area contributed by atoms with E-state index in [0.29, 0.717) is 18.5 Å². The van der Waals surface area contributed by atoms with E-state index in [4.69, 9.17) is 4.74 Å². The molecule has 1 aliphatic rings. The molecule has 0 saturated carbocycles. The maximum absolute atomic E-state index is 11.8. The Bertz CT molecular complexity index is 620. The van der Waals surface area contributed by atoms with Crippen LogP contribution in [0.4, 0.5) is 0 Å². The lowest BCUT2D eigenvalue weighted by Gasteiger charge is -2.22. The third-order valence-corrected chi connectivity index (χ3v) is 3.69. The molecule has 0 aliphatic carbocycles. The van der Waals surface area contributed by atoms with Crippen LogP contribution in [0.5, 0.6) is 6.01 Å². The van der Waals surface area contributed by atoms with Crippen LogP contribution >= 0.6 is 12.4 Å². The fraction of sp³-hybridized carbons (Fsp3) is 0.467. The van der Waals surface area contributed by atoms with E-state index in [-0.39, 0.29) is 18.3 Å². The molecule has 1 fully saturated rings. The van der Waals surface area contributed by atoms with Gasteiger partial charge in [-0.15, -0.1) is 12.4 Å². The van der Waals surface area contributed by atoms with Gasteiger partial charge in [0, 0.05) is 19.4 Å². The molecule has 5 nitrogen and oxygen atoms in total. The van der Waals surface area contributed by atoms with E-state index < -0.39 is 0 Å². The van der Waals surface area contributed by atoms with Crippen molar-refractivity contribution < 1.29 is 9.53 Å². The minimum atomic E-state index is -0.0736. The zero-order valence-corrected chi connectivity index (χ0v) is 12.9. The van der Waals surface area contributed by atoms with E-state index in [1.54, 1.807) is 4.57 Å². The highest BCUT2D eigenvalue weighted by molar-refractivity contribution is 5.90. The average Bonchev–Trinajstić information content (AvgIpc) is 2.84. The van der Waals surface area contributed by atoms with E-state index in [1.807, 2.05) is 24.3 Å². The van der Waals surface area contributed by atoms with E-state index in [9.17, 15) is 4.79 Å². The standard InChI is InChI=1S/C15H19N3O2.ClH/c1-11(19)18-14-7-3-2-6-13(14)17-15(18)20-10-12-5-4-8-16-9-12;/h2-3,6-7,12,16H,4-5,8-10H2,1H3;1H. The molecule has 6 heteroatoms. The highest BCUT2D eigenvalue weighted by Crippen LogP contribution is 2.22. The van der Waals surface area contributed by atoms with E-state index in [1.165, 1.54) is 13.3 Å². The Labute approximate surface area is 130 Å². The second kappa shape index (κ2) is 6.91. The summed E-state index contributed by atoms with van der Waals surface area (Å²) in [7, 11) is 0. The van der Waals surface area contributed by atoms with Crippen molar-refractivity contribution in [2.24, 2.45) is 5.92 Å². The van der Waals surface area contributed by atoms with Gasteiger partial charge in [0.1, 0.15) is 0 Å². The molecule has 0 bridgehead atoms. The zero-order chi connectivity index (χ0) is 13.9. The third-order valence-electron chi connectivity index (χ3n) is 3.69. The van der Waals surface area contributed by atoms with Gasteiger partial charge >= 0.3 is 6.01 Å². The number of halogens is 1. The molecular weight excluding hydrogens is 290 g/mol. The number of imidazole rings is 1. The molecule has 1 aliphatic heterocycles. The van der Waals surface area contributed by atoms with Crippen LogP contribution in [0.1, 0.15) is 24.6 Å². The number of rotatable bonds is 3. The average molecular weight is 310 g/mol. The molecule has 3 rings (SSSR count). The van der Waals surface area contributed by atoms with Gasteiger partial charge in [0.15, 0.2) is 0 Å². The molecule has 2 heterocycles. The number of benzene rings is 1. The Hall–Kier alpha value is -1.59. The van der Waals surface area contributed by atoms with Crippen molar-refractivity contribution in [2.45, 2.75) is 19.8 Å². The molecule has 114 valence electrons. The van der Waals surface area contributed by atoms with Crippen molar-refractivity contribution in [3.8, 4) is 6.01 Å². The number of ether oxygens (including phenoxy) is 1. The lowest BCUT2D eigenvalue weighted by molar-refractivity contribution is 0.0921. The van der Waals surface area contributed by atoms with Gasteiger partial charge < -0.3 is 10.1 Å². The van der Waals surface area contributed by atoms with Crippen LogP contribution in [0.2, 0.25) is 0 Å². The fourth-order valence-electron chi connectivity index (χ4n) is 2.66. The number of nitrogens with one attached hydrogen (secondary N) is 1. The molecule has 2 aromatic rings. The molecule has 21 heavy (non-hydrogen) atoms. The Morgan fingerprint density at radius 3 is 3.00 bits per heavy atom. The molecule has 0 spiro atoms. The molecule has 0 amide bonds. The Kier molecular flexibility index (Phi) is 5.20. The number of hydrogen-bond donors (Lipinski definition) is 1. The number of aromatic nitrogens is 2. The van der Waals surface area contributed by atoms with Gasteiger partial charge in [-0.05, 0) is 31.5 Å². The predicted molar refractivity (Wildman–Crippen MR) is 84.4 cm³/mol. The summed E-state index contributed by atoms with van der Waals surface area (Å²) in [6.07, 6.45) is 2.34. The second-order valence-electron chi connectivity index (χ2n) is 5.26. The normalized spacial score (nSPS) is 18.2. The summed E-state index contributed by atoms with van der Waals surface area (Å²) < 4.78 is 7.36. The number of fused-ring (bicyclic) bond motifs is 1. The third kappa shape index (κ3) is 3.36. The molecule has 1 aromatic heterocycles. The fourth-order valence-corrected chi connectivity index (χ4v) is 2.66. The summed E-state index contributed by atoms with van der Waals surface area (Å²) in [6, 6.07) is 8.00. The summed E-state index contributed by atoms with van der Waals surface area (Å²) in [5.74, 6) is 0.416. The maximum atomic E-state index is 11.8. The molecule has 1 N–H and O–H groups in total. The van der Waals surface area contributed by atoms with Crippen LogP contribution in [0.25, 0.3) is 11.0 Å². The Balaban J connectivity index is 0.00000161. The first kappa shape index (κ1) is 15.8. The number of nitrogens with zero attached hydrogens (tertiary/aromatic N) is 2. The summed E-state index contributed by atoms with van der Waals surface area (Å²) >= 11 is 0. The van der Waals surface area contributed by atoms with Crippen LogP contribution in [-0.2, 0) is 0 Å². The quantitative estimate of drug-likeness (QED) is 0.946. The summed E-state index contributed by atoms with van der Waals surface area (Å²) in [5.41, 5.74) is 1.59. The van der Waals surface area contributed by atoms with Gasteiger partial charge in [-0.25, -0.2) is 4.57 Å². The molecule has 1 atom stereocenters. The van der Waals surface area contributed by atoms with Crippen LogP contribution in [0, 0.1) is 5.92 Å². The summed E-state index contributed by atoms with van der Waals surface area (Å²) in [5, 5.41) is 3.36. The highest BCUT2D eigenvalue weighted by Gasteiger charge is 2.18. The van der Waals surface area contributed by atoms with Crippen LogP contribution in [0.3, 0.4) is 0 Å². The van der Waals surface area contributed by atoms with Crippen molar-refractivity contribution >= 4 is 29.3 Å². The van der Waals surface area contributed by atoms with Gasteiger partial charge in [0.25, 0.3) is 0 Å². The maximum Gasteiger partial charge on any atom is 0.304 e. The summed E-state index contributed by atoms with van der Waals surface area (Å²) in [6.45, 7) is 4.19. The van der Waals surface area contributed by atoms with E-state index >= 15 is 0 Å². The van der Waals surface area contributed by atoms with Crippen LogP contribution < -0.4 is 10.1 Å². The smallest absolute Gasteiger partial charge is 0.304 e.